The second-order valence-electron chi connectivity index (χ2n) is 6.92. The van der Waals surface area contributed by atoms with Gasteiger partial charge in [0, 0.05) is 39.5 Å². The summed E-state index contributed by atoms with van der Waals surface area (Å²) in [6.07, 6.45) is 1.36. The first-order chi connectivity index (χ1) is 12.7. The van der Waals surface area contributed by atoms with Gasteiger partial charge < -0.3 is 14.5 Å². The Kier molecular flexibility index (Phi) is 7.24. The van der Waals surface area contributed by atoms with Gasteiger partial charge in [0.05, 0.1) is 18.6 Å². The Morgan fingerprint density at radius 3 is 2.37 bits per heavy atom. The van der Waals surface area contributed by atoms with Gasteiger partial charge in [0.2, 0.25) is 11.8 Å². The summed E-state index contributed by atoms with van der Waals surface area (Å²) in [5.41, 5.74) is 1.08. The molecule has 1 aromatic rings. The second kappa shape index (κ2) is 9.21. The number of methoxy groups -OCH3 is 1. The molecule has 0 bridgehead atoms. The minimum Gasteiger partial charge on any atom is -0.497 e. The number of amides is 2. The van der Waals surface area contributed by atoms with E-state index in [1.165, 1.54) is 11.8 Å². The summed E-state index contributed by atoms with van der Waals surface area (Å²) in [5, 5.41) is 0. The van der Waals surface area contributed by atoms with E-state index in [1.54, 1.807) is 19.1 Å². The Morgan fingerprint density at radius 1 is 1.19 bits per heavy atom. The molecule has 2 amide bonds. The molecule has 1 aliphatic rings. The number of carbonyl (C=O) groups excluding carboxylic acids is 2. The molecule has 1 atom stereocenters. The van der Waals surface area contributed by atoms with Gasteiger partial charge in [-0.2, -0.15) is 0 Å². The molecule has 1 aliphatic heterocycles. The van der Waals surface area contributed by atoms with Gasteiger partial charge in [0.25, 0.3) is 0 Å². The lowest BCUT2D eigenvalue weighted by molar-refractivity contribution is -0.133. The Labute approximate surface area is 161 Å². The number of benzene rings is 1. The largest absolute Gasteiger partial charge is 0.497 e. The van der Waals surface area contributed by atoms with Crippen LogP contribution in [0.25, 0.3) is 0 Å². The average molecular weight is 397 g/mol. The van der Waals surface area contributed by atoms with Crippen molar-refractivity contribution >= 4 is 21.7 Å². The zero-order valence-electron chi connectivity index (χ0n) is 16.2. The van der Waals surface area contributed by atoms with E-state index in [0.29, 0.717) is 25.9 Å². The van der Waals surface area contributed by atoms with Crippen LogP contribution in [0.3, 0.4) is 0 Å². The van der Waals surface area contributed by atoms with E-state index < -0.39 is 9.84 Å². The second-order valence-corrected chi connectivity index (χ2v) is 9.14. The smallest absolute Gasteiger partial charge is 0.224 e. The molecule has 1 unspecified atom stereocenters. The quantitative estimate of drug-likeness (QED) is 0.658. The minimum absolute atomic E-state index is 0.0309. The van der Waals surface area contributed by atoms with Gasteiger partial charge in [-0.1, -0.05) is 12.1 Å². The van der Waals surface area contributed by atoms with Crippen molar-refractivity contribution in [1.29, 1.82) is 0 Å². The molecule has 2 rings (SSSR count). The number of hydrogen-bond donors (Lipinski definition) is 0. The van der Waals surface area contributed by atoms with Crippen LogP contribution in [0.5, 0.6) is 5.75 Å². The van der Waals surface area contributed by atoms with Crippen molar-refractivity contribution in [3.05, 3.63) is 29.8 Å². The van der Waals surface area contributed by atoms with Gasteiger partial charge in [-0.25, -0.2) is 8.42 Å². The topological polar surface area (TPSA) is 84.0 Å². The third-order valence-electron chi connectivity index (χ3n) is 5.02. The van der Waals surface area contributed by atoms with Gasteiger partial charge in [-0.05, 0) is 30.5 Å². The van der Waals surface area contributed by atoms with Gasteiger partial charge in [0.15, 0.2) is 9.84 Å². The molecule has 1 heterocycles. The predicted molar refractivity (Wildman–Crippen MR) is 103 cm³/mol. The molecule has 0 saturated carbocycles. The molecule has 0 radical (unpaired) electrons. The predicted octanol–water partition coefficient (Wildman–Crippen LogP) is 1.12. The molecule has 1 saturated heterocycles. The maximum Gasteiger partial charge on any atom is 0.224 e. The number of sulfone groups is 1. The fourth-order valence-corrected chi connectivity index (χ4v) is 4.95. The van der Waals surface area contributed by atoms with Crippen LogP contribution in [0.2, 0.25) is 0 Å². The standard InChI is InChI=1S/C19H28N2O5S/c1-15(22)21(11-8-16-4-6-18(26-3)7-5-16)12-9-19(23)20(2)17-10-13-27(24,25)14-17/h4-7,17H,8-14H2,1-3H3. The molecular formula is C19H28N2O5S. The summed E-state index contributed by atoms with van der Waals surface area (Å²) in [5.74, 6) is 0.736. The van der Waals surface area contributed by atoms with Crippen molar-refractivity contribution in [3.8, 4) is 5.75 Å². The van der Waals surface area contributed by atoms with E-state index in [1.807, 2.05) is 24.3 Å². The number of hydrogen-bond acceptors (Lipinski definition) is 5. The monoisotopic (exact) mass is 396 g/mol. The van der Waals surface area contributed by atoms with Crippen LogP contribution in [0.4, 0.5) is 0 Å². The molecule has 1 aromatic carbocycles. The van der Waals surface area contributed by atoms with Gasteiger partial charge in [0.1, 0.15) is 5.75 Å². The lowest BCUT2D eigenvalue weighted by Gasteiger charge is -2.26. The molecule has 0 N–H and O–H groups in total. The fourth-order valence-electron chi connectivity index (χ4n) is 3.17. The highest BCUT2D eigenvalue weighted by molar-refractivity contribution is 7.91. The molecule has 150 valence electrons. The van der Waals surface area contributed by atoms with Crippen LogP contribution in [-0.4, -0.2) is 74.8 Å². The van der Waals surface area contributed by atoms with Crippen LogP contribution < -0.4 is 4.74 Å². The minimum atomic E-state index is -3.03. The van der Waals surface area contributed by atoms with Crippen molar-refractivity contribution in [2.45, 2.75) is 32.2 Å². The molecule has 0 aliphatic carbocycles. The number of ether oxygens (including phenoxy) is 1. The van der Waals surface area contributed by atoms with Gasteiger partial charge in [-0.3, -0.25) is 9.59 Å². The third-order valence-corrected chi connectivity index (χ3v) is 6.77. The fraction of sp³-hybridized carbons (Fsp3) is 0.579. The summed E-state index contributed by atoms with van der Waals surface area (Å²) in [6.45, 7) is 2.34. The van der Waals surface area contributed by atoms with E-state index in [4.69, 9.17) is 4.74 Å². The molecule has 7 nitrogen and oxygen atoms in total. The molecular weight excluding hydrogens is 368 g/mol. The molecule has 0 spiro atoms. The third kappa shape index (κ3) is 6.23. The van der Waals surface area contributed by atoms with Crippen LogP contribution in [0, 0.1) is 0 Å². The zero-order chi connectivity index (χ0) is 20.0. The summed E-state index contributed by atoms with van der Waals surface area (Å²) in [4.78, 5) is 27.5. The highest BCUT2D eigenvalue weighted by Crippen LogP contribution is 2.17. The summed E-state index contributed by atoms with van der Waals surface area (Å²) >= 11 is 0. The summed E-state index contributed by atoms with van der Waals surface area (Å²) < 4.78 is 28.3. The number of carbonyl (C=O) groups is 2. The lowest BCUT2D eigenvalue weighted by Crippen LogP contribution is -2.40. The zero-order valence-corrected chi connectivity index (χ0v) is 17.0. The van der Waals surface area contributed by atoms with E-state index in [2.05, 4.69) is 0 Å². The Bertz CT molecular complexity index is 761. The van der Waals surface area contributed by atoms with E-state index >= 15 is 0 Å². The molecule has 1 fully saturated rings. The van der Waals surface area contributed by atoms with Crippen LogP contribution in [0.15, 0.2) is 24.3 Å². The maximum absolute atomic E-state index is 12.4. The van der Waals surface area contributed by atoms with Crippen LogP contribution >= 0.6 is 0 Å². The van der Waals surface area contributed by atoms with Crippen molar-refractivity contribution in [1.82, 2.24) is 9.80 Å². The van der Waals surface area contributed by atoms with E-state index in [9.17, 15) is 18.0 Å². The Morgan fingerprint density at radius 2 is 1.85 bits per heavy atom. The van der Waals surface area contributed by atoms with Gasteiger partial charge in [-0.15, -0.1) is 0 Å². The molecule has 27 heavy (non-hydrogen) atoms. The first-order valence-corrected chi connectivity index (χ1v) is 10.9. The highest BCUT2D eigenvalue weighted by atomic mass is 32.2. The SMILES string of the molecule is COc1ccc(CCN(CCC(=O)N(C)C2CCS(=O)(=O)C2)C(C)=O)cc1. The van der Waals surface area contributed by atoms with Crippen molar-refractivity contribution in [3.63, 3.8) is 0 Å². The van der Waals surface area contributed by atoms with Gasteiger partial charge >= 0.3 is 0 Å². The van der Waals surface area contributed by atoms with Crippen molar-refractivity contribution < 1.29 is 22.7 Å². The molecule has 0 aromatic heterocycles. The summed E-state index contributed by atoms with van der Waals surface area (Å²) in [6, 6.07) is 7.41. The molecule has 8 heteroatoms. The Balaban J connectivity index is 1.84. The van der Waals surface area contributed by atoms with Crippen molar-refractivity contribution in [2.75, 3.05) is 38.8 Å². The Hall–Kier alpha value is -2.09. The first-order valence-electron chi connectivity index (χ1n) is 9.06. The van der Waals surface area contributed by atoms with E-state index in [-0.39, 0.29) is 35.8 Å². The normalized spacial score (nSPS) is 18.1. The summed E-state index contributed by atoms with van der Waals surface area (Å²) in [7, 11) is 0.224. The average Bonchev–Trinajstić information content (AvgIpc) is 3.00. The van der Waals surface area contributed by atoms with Crippen molar-refractivity contribution in [2.24, 2.45) is 0 Å². The number of rotatable bonds is 8. The van der Waals surface area contributed by atoms with Crippen LogP contribution in [-0.2, 0) is 25.8 Å². The highest BCUT2D eigenvalue weighted by Gasteiger charge is 2.32. The maximum atomic E-state index is 12.4. The van der Waals surface area contributed by atoms with Crippen LogP contribution in [0.1, 0.15) is 25.3 Å². The lowest BCUT2D eigenvalue weighted by atomic mass is 10.1. The number of nitrogens with zero attached hydrogens (tertiary/aromatic N) is 2. The first kappa shape index (κ1) is 21.2. The van der Waals surface area contributed by atoms with E-state index in [0.717, 1.165) is 11.3 Å².